The molecule has 0 saturated carbocycles. The molecule has 164 valence electrons. The molecule has 0 bridgehead atoms. The Morgan fingerprint density at radius 3 is 2.72 bits per heavy atom. The van der Waals surface area contributed by atoms with Crippen molar-refractivity contribution in [2.45, 2.75) is 11.4 Å². The topological polar surface area (TPSA) is 105 Å². The number of aromatic amines is 1. The number of ether oxygens (including phenoxy) is 1. The van der Waals surface area contributed by atoms with E-state index >= 15 is 0 Å². The van der Waals surface area contributed by atoms with E-state index in [4.69, 9.17) is 4.74 Å². The van der Waals surface area contributed by atoms with Gasteiger partial charge in [0.2, 0.25) is 0 Å². The highest BCUT2D eigenvalue weighted by molar-refractivity contribution is 8.15. The van der Waals surface area contributed by atoms with Gasteiger partial charge in [-0.15, -0.1) is 9.53 Å². The summed E-state index contributed by atoms with van der Waals surface area (Å²) in [5, 5.41) is 4.32. The van der Waals surface area contributed by atoms with Crippen molar-refractivity contribution in [3.8, 4) is 5.75 Å². The highest BCUT2D eigenvalue weighted by Gasteiger charge is 2.25. The Morgan fingerprint density at radius 2 is 1.94 bits per heavy atom. The van der Waals surface area contributed by atoms with Gasteiger partial charge in [-0.1, -0.05) is 12.1 Å². The molecule has 32 heavy (non-hydrogen) atoms. The first-order valence-electron chi connectivity index (χ1n) is 10.00. The molecule has 0 aliphatic carbocycles. The van der Waals surface area contributed by atoms with Crippen LogP contribution in [0.4, 0.5) is 5.82 Å². The van der Waals surface area contributed by atoms with Gasteiger partial charge in [0.25, 0.3) is 0 Å². The maximum Gasteiger partial charge on any atom is 0.175 e. The summed E-state index contributed by atoms with van der Waals surface area (Å²) in [5.41, 5.74) is 3.61. The van der Waals surface area contributed by atoms with Crippen molar-refractivity contribution in [1.29, 1.82) is 0 Å². The third-order valence-corrected chi connectivity index (χ3v) is 7.43. The van der Waals surface area contributed by atoms with Crippen LogP contribution in [0.2, 0.25) is 0 Å². The number of rotatable bonds is 6. The zero-order valence-corrected chi connectivity index (χ0v) is 18.5. The second kappa shape index (κ2) is 7.18. The molecule has 0 unspecified atom stereocenters. The fraction of sp³-hybridized carbons (Fsp3) is 0.130. The molecule has 0 radical (unpaired) electrons. The van der Waals surface area contributed by atoms with E-state index in [-0.39, 0.29) is 4.90 Å². The molecule has 0 amide bonds. The maximum absolute atomic E-state index is 13.4. The monoisotopic (exact) mass is 449 g/mol. The van der Waals surface area contributed by atoms with Gasteiger partial charge in [0, 0.05) is 17.8 Å². The number of methoxy groups -OCH3 is 1. The normalized spacial score (nSPS) is 13.2. The Balaban J connectivity index is 1.42. The highest BCUT2D eigenvalue weighted by atomic mass is 32.3. The van der Waals surface area contributed by atoms with Gasteiger partial charge in [-0.05, 0) is 60.2 Å². The SMILES string of the molecule is COc1ccc(S(C)(=O)(O)Nc2ccc3[nH]n(Cc4ccc5ncccc5c4)c3n2)cc1. The molecule has 2 aromatic carbocycles. The summed E-state index contributed by atoms with van der Waals surface area (Å²) in [6.07, 6.45) is 3.05. The lowest BCUT2D eigenvalue weighted by Gasteiger charge is -2.40. The summed E-state index contributed by atoms with van der Waals surface area (Å²) >= 11 is 0. The fourth-order valence-electron chi connectivity index (χ4n) is 3.67. The van der Waals surface area contributed by atoms with E-state index < -0.39 is 9.53 Å². The average Bonchev–Trinajstić information content (AvgIpc) is 2.78. The number of hydrogen-bond donors (Lipinski definition) is 3. The maximum atomic E-state index is 13.4. The van der Waals surface area contributed by atoms with Gasteiger partial charge in [-0.3, -0.25) is 24.0 Å². The Hall–Kier alpha value is -3.69. The fourth-order valence-corrected chi connectivity index (χ4v) is 5.17. The second-order valence-electron chi connectivity index (χ2n) is 7.86. The van der Waals surface area contributed by atoms with E-state index in [0.29, 0.717) is 23.8 Å². The van der Waals surface area contributed by atoms with Crippen LogP contribution < -0.4 is 9.46 Å². The first kappa shape index (κ1) is 20.2. The number of fused-ring (bicyclic) bond motifs is 2. The van der Waals surface area contributed by atoms with Crippen molar-refractivity contribution < 1.29 is 13.5 Å². The number of pyridine rings is 2. The van der Waals surface area contributed by atoms with Crippen LogP contribution in [0.25, 0.3) is 22.1 Å². The smallest absolute Gasteiger partial charge is 0.175 e. The molecule has 0 aliphatic rings. The molecule has 5 rings (SSSR count). The predicted octanol–water partition coefficient (Wildman–Crippen LogP) is 4.28. The van der Waals surface area contributed by atoms with Gasteiger partial charge in [0.05, 0.1) is 29.6 Å². The lowest BCUT2D eigenvalue weighted by Crippen LogP contribution is -2.39. The molecule has 0 saturated heterocycles. The van der Waals surface area contributed by atoms with Gasteiger partial charge in [-0.25, -0.2) is 4.98 Å². The van der Waals surface area contributed by atoms with Crippen LogP contribution >= 0.6 is 0 Å². The lowest BCUT2D eigenvalue weighted by atomic mass is 10.1. The van der Waals surface area contributed by atoms with Crippen LogP contribution in [0.1, 0.15) is 5.56 Å². The van der Waals surface area contributed by atoms with E-state index in [9.17, 15) is 8.76 Å². The second-order valence-corrected chi connectivity index (χ2v) is 11.1. The van der Waals surface area contributed by atoms with Gasteiger partial charge in [0.1, 0.15) is 11.6 Å². The van der Waals surface area contributed by atoms with Crippen LogP contribution in [0.5, 0.6) is 5.75 Å². The van der Waals surface area contributed by atoms with Crippen molar-refractivity contribution in [1.82, 2.24) is 19.7 Å². The molecule has 9 heteroatoms. The van der Waals surface area contributed by atoms with E-state index in [1.807, 2.05) is 35.0 Å². The Morgan fingerprint density at radius 1 is 1.12 bits per heavy atom. The van der Waals surface area contributed by atoms with Crippen LogP contribution in [-0.2, 0) is 16.1 Å². The highest BCUT2D eigenvalue weighted by Crippen LogP contribution is 2.32. The van der Waals surface area contributed by atoms with Crippen LogP contribution in [0, 0.1) is 0 Å². The van der Waals surface area contributed by atoms with E-state index in [1.165, 1.54) is 6.26 Å². The molecular weight excluding hydrogens is 426 g/mol. The molecule has 0 atom stereocenters. The summed E-state index contributed by atoms with van der Waals surface area (Å²) in [6, 6.07) is 20.0. The molecule has 3 N–H and O–H groups in total. The number of H-pyrrole nitrogens is 1. The Labute approximate surface area is 184 Å². The Bertz CT molecular complexity index is 1500. The number of nitrogens with zero attached hydrogens (tertiary/aromatic N) is 3. The zero-order chi connectivity index (χ0) is 22.4. The van der Waals surface area contributed by atoms with Crippen LogP contribution in [-0.4, -0.2) is 41.9 Å². The van der Waals surface area contributed by atoms with Crippen molar-refractivity contribution in [2.75, 3.05) is 18.1 Å². The molecule has 0 fully saturated rings. The summed E-state index contributed by atoms with van der Waals surface area (Å²) in [4.78, 5) is 9.18. The first-order chi connectivity index (χ1) is 15.3. The van der Waals surface area contributed by atoms with E-state index in [1.54, 1.807) is 43.6 Å². The minimum Gasteiger partial charge on any atom is -0.497 e. The number of benzene rings is 2. The van der Waals surface area contributed by atoms with E-state index in [0.717, 1.165) is 22.0 Å². The molecule has 0 aliphatic heterocycles. The van der Waals surface area contributed by atoms with Crippen molar-refractivity contribution >= 4 is 37.4 Å². The standard InChI is InChI=1S/C23H23N5O3S/c1-31-18-6-8-19(9-7-18)32(2,29,30)27-22-12-11-21-23(25-22)28(26-21)15-16-5-10-20-17(14-16)4-3-13-24-20/h3-14,26H,15H2,1-2H3,(H2,25,27,29,30). The van der Waals surface area contributed by atoms with Crippen molar-refractivity contribution in [2.24, 2.45) is 0 Å². The lowest BCUT2D eigenvalue weighted by molar-refractivity contribution is 0.414. The number of aromatic nitrogens is 4. The van der Waals surface area contributed by atoms with Crippen molar-refractivity contribution in [3.63, 3.8) is 0 Å². The molecule has 3 heterocycles. The van der Waals surface area contributed by atoms with Gasteiger partial charge in [-0.2, -0.15) is 4.21 Å². The van der Waals surface area contributed by atoms with Crippen LogP contribution in [0.15, 0.2) is 77.8 Å². The number of hydrogen-bond acceptors (Lipinski definition) is 4. The molecule has 3 aromatic heterocycles. The first-order valence-corrected chi connectivity index (χ1v) is 12.3. The molecular formula is C23H23N5O3S. The van der Waals surface area contributed by atoms with Gasteiger partial charge in [0.15, 0.2) is 5.65 Å². The molecule has 8 nitrogen and oxygen atoms in total. The largest absolute Gasteiger partial charge is 0.497 e. The zero-order valence-electron chi connectivity index (χ0n) is 17.6. The van der Waals surface area contributed by atoms with Gasteiger partial charge < -0.3 is 4.74 Å². The van der Waals surface area contributed by atoms with Crippen molar-refractivity contribution in [3.05, 3.63) is 78.5 Å². The summed E-state index contributed by atoms with van der Waals surface area (Å²) < 4.78 is 34.2. The third kappa shape index (κ3) is 3.72. The summed E-state index contributed by atoms with van der Waals surface area (Å²) in [5.74, 6) is 0.929. The average molecular weight is 450 g/mol. The molecule has 5 aromatic rings. The van der Waals surface area contributed by atoms with Gasteiger partial charge >= 0.3 is 0 Å². The quantitative estimate of drug-likeness (QED) is 0.359. The Kier molecular flexibility index (Phi) is 4.54. The van der Waals surface area contributed by atoms with E-state index in [2.05, 4.69) is 25.9 Å². The third-order valence-electron chi connectivity index (χ3n) is 5.35. The summed E-state index contributed by atoms with van der Waals surface area (Å²) in [7, 11) is -2.82. The molecule has 0 spiro atoms. The van der Waals surface area contributed by atoms with Crippen LogP contribution in [0.3, 0.4) is 0 Å². The number of nitrogens with one attached hydrogen (secondary N) is 2. The minimum atomic E-state index is -4.36. The predicted molar refractivity (Wildman–Crippen MR) is 127 cm³/mol. The minimum absolute atomic E-state index is 0.257. The summed E-state index contributed by atoms with van der Waals surface area (Å²) in [6.45, 7) is 0.594. The number of anilines is 1.